The average Bonchev–Trinajstić information content (AvgIpc) is 2.40. The number of nitrogens with one attached hydrogen (secondary N) is 1. The third-order valence-electron chi connectivity index (χ3n) is 3.21. The lowest BCUT2D eigenvalue weighted by Crippen LogP contribution is -2.04. The summed E-state index contributed by atoms with van der Waals surface area (Å²) in [4.78, 5) is 0. The smallest absolute Gasteiger partial charge is 0.0202 e. The summed E-state index contributed by atoms with van der Waals surface area (Å²) in [6.45, 7) is 11.5. The predicted octanol–water partition coefficient (Wildman–Crippen LogP) is 4.72. The van der Waals surface area contributed by atoms with Crippen LogP contribution in [0.3, 0.4) is 0 Å². The van der Waals surface area contributed by atoms with Crippen LogP contribution in [-0.4, -0.2) is 7.05 Å². The number of benzene rings is 1. The highest BCUT2D eigenvalue weighted by Crippen LogP contribution is 2.17. The zero-order chi connectivity index (χ0) is 14.3. The van der Waals surface area contributed by atoms with Gasteiger partial charge in [0.05, 0.1) is 0 Å². The molecule has 0 fully saturated rings. The third kappa shape index (κ3) is 4.88. The number of rotatable bonds is 6. The summed E-state index contributed by atoms with van der Waals surface area (Å²) < 4.78 is 0. The molecule has 1 aromatic rings. The molecule has 1 aromatic carbocycles. The summed E-state index contributed by atoms with van der Waals surface area (Å²) >= 11 is 0. The van der Waals surface area contributed by atoms with Gasteiger partial charge in [-0.2, -0.15) is 0 Å². The van der Waals surface area contributed by atoms with Crippen molar-refractivity contribution in [2.24, 2.45) is 0 Å². The van der Waals surface area contributed by atoms with Crippen molar-refractivity contribution in [3.8, 4) is 0 Å². The van der Waals surface area contributed by atoms with Crippen LogP contribution in [0.25, 0.3) is 5.57 Å². The second-order valence-electron chi connectivity index (χ2n) is 4.96. The zero-order valence-corrected chi connectivity index (χ0v) is 12.6. The average molecular weight is 255 g/mol. The minimum absolute atomic E-state index is 0.903. The van der Waals surface area contributed by atoms with Crippen LogP contribution in [0.2, 0.25) is 0 Å². The number of allylic oxidation sites excluding steroid dienone is 5. The van der Waals surface area contributed by atoms with E-state index >= 15 is 0 Å². The van der Waals surface area contributed by atoms with Gasteiger partial charge in [-0.3, -0.25) is 0 Å². The van der Waals surface area contributed by atoms with Crippen molar-refractivity contribution >= 4 is 5.57 Å². The van der Waals surface area contributed by atoms with Crippen LogP contribution < -0.4 is 5.32 Å². The van der Waals surface area contributed by atoms with E-state index in [9.17, 15) is 0 Å². The zero-order valence-electron chi connectivity index (χ0n) is 12.6. The summed E-state index contributed by atoms with van der Waals surface area (Å²) in [6.07, 6.45) is 5.35. The van der Waals surface area contributed by atoms with Gasteiger partial charge in [0.1, 0.15) is 0 Å². The van der Waals surface area contributed by atoms with Gasteiger partial charge in [-0.1, -0.05) is 55.5 Å². The van der Waals surface area contributed by atoms with E-state index in [4.69, 9.17) is 0 Å². The van der Waals surface area contributed by atoms with Crippen molar-refractivity contribution in [2.45, 2.75) is 33.7 Å². The molecule has 0 saturated carbocycles. The first-order chi connectivity index (χ1) is 9.08. The van der Waals surface area contributed by atoms with E-state index in [1.165, 1.54) is 22.3 Å². The van der Waals surface area contributed by atoms with Crippen LogP contribution in [0.15, 0.2) is 54.1 Å². The molecule has 1 N–H and O–H groups in total. The van der Waals surface area contributed by atoms with E-state index in [0.29, 0.717) is 0 Å². The molecule has 0 bridgehead atoms. The van der Waals surface area contributed by atoms with Crippen molar-refractivity contribution in [2.75, 3.05) is 7.05 Å². The van der Waals surface area contributed by atoms with Gasteiger partial charge in [0.15, 0.2) is 0 Å². The Morgan fingerprint density at radius 2 is 1.79 bits per heavy atom. The fourth-order valence-corrected chi connectivity index (χ4v) is 1.98. The summed E-state index contributed by atoms with van der Waals surface area (Å²) in [7, 11) is 1.96. The van der Waals surface area contributed by atoms with Crippen molar-refractivity contribution in [3.63, 3.8) is 0 Å². The van der Waals surface area contributed by atoms with Gasteiger partial charge in [0, 0.05) is 6.54 Å². The van der Waals surface area contributed by atoms with E-state index in [2.05, 4.69) is 69.1 Å². The van der Waals surface area contributed by atoms with Crippen molar-refractivity contribution in [3.05, 3.63) is 65.3 Å². The first-order valence-corrected chi connectivity index (χ1v) is 6.85. The van der Waals surface area contributed by atoms with Gasteiger partial charge in [0.25, 0.3) is 0 Å². The van der Waals surface area contributed by atoms with E-state index in [1.807, 2.05) is 7.05 Å². The Morgan fingerprint density at radius 1 is 1.16 bits per heavy atom. The first-order valence-electron chi connectivity index (χ1n) is 6.85. The highest BCUT2D eigenvalue weighted by atomic mass is 14.8. The molecule has 19 heavy (non-hydrogen) atoms. The lowest BCUT2D eigenvalue weighted by atomic mass is 10.0. The van der Waals surface area contributed by atoms with Crippen LogP contribution in [0.1, 0.15) is 38.3 Å². The summed E-state index contributed by atoms with van der Waals surface area (Å²) in [5, 5.41) is 3.15. The van der Waals surface area contributed by atoms with Gasteiger partial charge >= 0.3 is 0 Å². The quantitative estimate of drug-likeness (QED) is 0.725. The molecule has 0 unspecified atom stereocenters. The molecule has 0 atom stereocenters. The Bertz CT molecular complexity index is 471. The largest absolute Gasteiger partial charge is 0.316 e. The van der Waals surface area contributed by atoms with E-state index in [0.717, 1.165) is 18.5 Å². The number of hydrogen-bond acceptors (Lipinski definition) is 1. The Labute approximate surface area is 117 Å². The van der Waals surface area contributed by atoms with Crippen molar-refractivity contribution in [1.29, 1.82) is 0 Å². The lowest BCUT2D eigenvalue weighted by molar-refractivity contribution is 0.818. The van der Waals surface area contributed by atoms with Gasteiger partial charge in [-0.05, 0) is 49.6 Å². The van der Waals surface area contributed by atoms with Crippen LogP contribution >= 0.6 is 0 Å². The first kappa shape index (κ1) is 15.5. The third-order valence-corrected chi connectivity index (χ3v) is 3.21. The molecule has 0 aromatic heterocycles. The molecule has 0 aliphatic rings. The molecule has 0 spiro atoms. The molecule has 0 radical (unpaired) electrons. The molecule has 1 nitrogen and oxygen atoms in total. The summed E-state index contributed by atoms with van der Waals surface area (Å²) in [5.41, 5.74) is 6.29. The van der Waals surface area contributed by atoms with Crippen molar-refractivity contribution < 1.29 is 0 Å². The summed E-state index contributed by atoms with van der Waals surface area (Å²) in [6, 6.07) is 8.56. The molecule has 0 amide bonds. The molecule has 0 aliphatic carbocycles. The second-order valence-corrected chi connectivity index (χ2v) is 4.96. The maximum absolute atomic E-state index is 4.14. The minimum Gasteiger partial charge on any atom is -0.316 e. The lowest BCUT2D eigenvalue weighted by Gasteiger charge is -2.05. The Kier molecular flexibility index (Phi) is 6.31. The maximum atomic E-state index is 4.14. The summed E-state index contributed by atoms with van der Waals surface area (Å²) in [5.74, 6) is 0. The van der Waals surface area contributed by atoms with Crippen LogP contribution in [-0.2, 0) is 6.54 Å². The molecule has 102 valence electrons. The topological polar surface area (TPSA) is 12.0 Å². The molecule has 1 rings (SSSR count). The Balaban J connectivity index is 2.78. The maximum Gasteiger partial charge on any atom is 0.0202 e. The number of hydrogen-bond donors (Lipinski definition) is 1. The van der Waals surface area contributed by atoms with Gasteiger partial charge in [-0.15, -0.1) is 0 Å². The van der Waals surface area contributed by atoms with Crippen LogP contribution in [0.4, 0.5) is 0 Å². The van der Waals surface area contributed by atoms with Gasteiger partial charge in [0.2, 0.25) is 0 Å². The molecule has 0 aliphatic heterocycles. The van der Waals surface area contributed by atoms with Crippen LogP contribution in [0.5, 0.6) is 0 Å². The molecule has 0 heterocycles. The fraction of sp³-hybridized carbons (Fsp3) is 0.333. The Morgan fingerprint density at radius 3 is 2.26 bits per heavy atom. The standard InChI is InChI=1S/C18H25N/c1-6-17(14(2)3)10-7-15(4)18-11-8-16(9-12-18)13-19-5/h7-12,19H,4,6,13H2,1-3,5H3/b10-7-. The van der Waals surface area contributed by atoms with E-state index in [1.54, 1.807) is 0 Å². The van der Waals surface area contributed by atoms with Gasteiger partial charge < -0.3 is 5.32 Å². The highest BCUT2D eigenvalue weighted by molar-refractivity contribution is 5.72. The van der Waals surface area contributed by atoms with Crippen LogP contribution in [0, 0.1) is 0 Å². The van der Waals surface area contributed by atoms with Crippen molar-refractivity contribution in [1.82, 2.24) is 5.32 Å². The van der Waals surface area contributed by atoms with Gasteiger partial charge in [-0.25, -0.2) is 0 Å². The highest BCUT2D eigenvalue weighted by Gasteiger charge is 1.97. The molecule has 1 heteroatoms. The Hall–Kier alpha value is -1.60. The molecule has 0 saturated heterocycles. The predicted molar refractivity (Wildman–Crippen MR) is 86.0 cm³/mol. The fourth-order valence-electron chi connectivity index (χ4n) is 1.98. The second kappa shape index (κ2) is 7.75. The molecular weight excluding hydrogens is 230 g/mol. The van der Waals surface area contributed by atoms with E-state index in [-0.39, 0.29) is 0 Å². The minimum atomic E-state index is 0.903. The van der Waals surface area contributed by atoms with E-state index < -0.39 is 0 Å². The molecular formula is C18H25N. The monoisotopic (exact) mass is 255 g/mol. The SMILES string of the molecule is C=C(/C=C\C(CC)=C(C)C)c1ccc(CNC)cc1. The normalized spacial score (nSPS) is 10.7.